The van der Waals surface area contributed by atoms with Crippen molar-refractivity contribution in [3.05, 3.63) is 48.3 Å². The van der Waals surface area contributed by atoms with Crippen LogP contribution < -0.4 is 15.4 Å². The molecule has 0 amide bonds. The molecule has 0 unspecified atom stereocenters. The number of nitrogens with zero attached hydrogens (tertiary/aromatic N) is 3. The van der Waals surface area contributed by atoms with Crippen LogP contribution >= 0.6 is 0 Å². The second-order valence-corrected chi connectivity index (χ2v) is 5.39. The van der Waals surface area contributed by atoms with Gasteiger partial charge in [-0.2, -0.15) is 18.3 Å². The first-order valence-corrected chi connectivity index (χ1v) is 8.21. The molecule has 2 rings (SSSR count). The maximum atomic E-state index is 12.9. The Balaban J connectivity index is 1.68. The minimum absolute atomic E-state index is 0.0844. The van der Waals surface area contributed by atoms with Gasteiger partial charge in [0, 0.05) is 32.5 Å². The average Bonchev–Trinajstić information content (AvgIpc) is 3.13. The number of rotatable bonds is 8. The Hall–Kier alpha value is -2.71. The van der Waals surface area contributed by atoms with Gasteiger partial charge in [0.1, 0.15) is 12.4 Å². The third-order valence-corrected chi connectivity index (χ3v) is 3.48. The van der Waals surface area contributed by atoms with Crippen LogP contribution in [0.5, 0.6) is 5.75 Å². The first-order valence-electron chi connectivity index (χ1n) is 8.21. The van der Waals surface area contributed by atoms with Gasteiger partial charge in [-0.1, -0.05) is 12.1 Å². The van der Waals surface area contributed by atoms with E-state index in [0.717, 1.165) is 19.0 Å². The molecule has 0 aliphatic carbocycles. The number of nitrogens with one attached hydrogen (secondary N) is 2. The van der Waals surface area contributed by atoms with Crippen LogP contribution in [-0.2, 0) is 12.7 Å². The minimum atomic E-state index is -4.43. The molecule has 2 N–H and O–H groups in total. The maximum absolute atomic E-state index is 12.9. The highest BCUT2D eigenvalue weighted by molar-refractivity contribution is 5.79. The summed E-state index contributed by atoms with van der Waals surface area (Å²) in [4.78, 5) is 4.06. The number of para-hydroxylation sites is 1. The lowest BCUT2D eigenvalue weighted by Crippen LogP contribution is -2.39. The highest BCUT2D eigenvalue weighted by Gasteiger charge is 2.33. The Bertz CT molecular complexity index is 686. The second-order valence-electron chi connectivity index (χ2n) is 5.39. The van der Waals surface area contributed by atoms with Gasteiger partial charge in [0.25, 0.3) is 0 Å². The molecule has 9 heteroatoms. The molecule has 1 aromatic heterocycles. The summed E-state index contributed by atoms with van der Waals surface area (Å²) in [5.74, 6) is 0.391. The lowest BCUT2D eigenvalue weighted by Gasteiger charge is -2.15. The molecule has 142 valence electrons. The van der Waals surface area contributed by atoms with Gasteiger partial charge >= 0.3 is 6.18 Å². The van der Waals surface area contributed by atoms with Crippen molar-refractivity contribution in [2.75, 3.05) is 26.7 Å². The monoisotopic (exact) mass is 369 g/mol. The molecule has 0 saturated carbocycles. The quantitative estimate of drug-likeness (QED) is 0.426. The summed E-state index contributed by atoms with van der Waals surface area (Å²) in [6, 6.07) is 7.03. The molecule has 0 fully saturated rings. The van der Waals surface area contributed by atoms with Crippen LogP contribution in [0.4, 0.5) is 13.2 Å². The van der Waals surface area contributed by atoms with Crippen LogP contribution in [-0.4, -0.2) is 42.5 Å². The SMILES string of the molecule is CN=C(NCCCn1cccn1)NCCOc1ccccc1C(F)(F)F. The second kappa shape index (κ2) is 9.69. The zero-order chi connectivity index (χ0) is 18.8. The molecule has 26 heavy (non-hydrogen) atoms. The van der Waals surface area contributed by atoms with Crippen LogP contribution in [0.25, 0.3) is 0 Å². The number of hydrogen-bond acceptors (Lipinski definition) is 3. The minimum Gasteiger partial charge on any atom is -0.491 e. The summed E-state index contributed by atoms with van der Waals surface area (Å²) in [5, 5.41) is 10.2. The number of aryl methyl sites for hydroxylation is 1. The van der Waals surface area contributed by atoms with Gasteiger partial charge in [-0.05, 0) is 24.6 Å². The Morgan fingerprint density at radius 3 is 2.65 bits per heavy atom. The van der Waals surface area contributed by atoms with E-state index in [1.54, 1.807) is 13.2 Å². The Morgan fingerprint density at radius 1 is 1.19 bits per heavy atom. The standard InChI is InChI=1S/C17H22F3N5O/c1-21-16(22-8-4-11-25-12-5-9-24-25)23-10-13-26-15-7-3-2-6-14(15)17(18,19)20/h2-3,5-7,9,12H,4,8,10-11,13H2,1H3,(H2,21,22,23). The van der Waals surface area contributed by atoms with Gasteiger partial charge in [0.15, 0.2) is 5.96 Å². The van der Waals surface area contributed by atoms with Crippen molar-refractivity contribution in [3.8, 4) is 5.75 Å². The highest BCUT2D eigenvalue weighted by Crippen LogP contribution is 2.35. The summed E-state index contributed by atoms with van der Waals surface area (Å²) in [7, 11) is 1.63. The van der Waals surface area contributed by atoms with E-state index in [0.29, 0.717) is 19.0 Å². The summed E-state index contributed by atoms with van der Waals surface area (Å²) in [6.45, 7) is 1.89. The number of hydrogen-bond donors (Lipinski definition) is 2. The molecule has 0 aliphatic rings. The smallest absolute Gasteiger partial charge is 0.419 e. The van der Waals surface area contributed by atoms with E-state index < -0.39 is 11.7 Å². The Labute approximate surface area is 150 Å². The Kier molecular flexibility index (Phi) is 7.31. The largest absolute Gasteiger partial charge is 0.491 e. The van der Waals surface area contributed by atoms with Crippen LogP contribution in [0, 0.1) is 0 Å². The molecule has 6 nitrogen and oxygen atoms in total. The van der Waals surface area contributed by atoms with Gasteiger partial charge < -0.3 is 15.4 Å². The van der Waals surface area contributed by atoms with E-state index in [-0.39, 0.29) is 12.4 Å². The van der Waals surface area contributed by atoms with E-state index >= 15 is 0 Å². The van der Waals surface area contributed by atoms with E-state index in [2.05, 4.69) is 20.7 Å². The van der Waals surface area contributed by atoms with Crippen molar-refractivity contribution < 1.29 is 17.9 Å². The average molecular weight is 369 g/mol. The van der Waals surface area contributed by atoms with Crippen molar-refractivity contribution in [1.29, 1.82) is 0 Å². The fourth-order valence-corrected chi connectivity index (χ4v) is 2.26. The van der Waals surface area contributed by atoms with Crippen molar-refractivity contribution >= 4 is 5.96 Å². The molecule has 0 bridgehead atoms. The summed E-state index contributed by atoms with van der Waals surface area (Å²) >= 11 is 0. The first-order chi connectivity index (χ1) is 12.5. The molecule has 1 aromatic carbocycles. The van der Waals surface area contributed by atoms with Crippen molar-refractivity contribution in [1.82, 2.24) is 20.4 Å². The van der Waals surface area contributed by atoms with Crippen LogP contribution in [0.15, 0.2) is 47.7 Å². The third-order valence-electron chi connectivity index (χ3n) is 3.48. The number of halogens is 3. The molecule has 0 saturated heterocycles. The molecule has 1 heterocycles. The fourth-order valence-electron chi connectivity index (χ4n) is 2.26. The predicted octanol–water partition coefficient (Wildman–Crippen LogP) is 2.54. The number of aliphatic imine (C=N–C) groups is 1. The normalized spacial score (nSPS) is 12.1. The number of aromatic nitrogens is 2. The number of benzene rings is 1. The van der Waals surface area contributed by atoms with Crippen molar-refractivity contribution in [2.24, 2.45) is 4.99 Å². The predicted molar refractivity (Wildman–Crippen MR) is 93.1 cm³/mol. The molecule has 0 atom stereocenters. The van der Waals surface area contributed by atoms with Crippen molar-refractivity contribution in [3.63, 3.8) is 0 Å². The van der Waals surface area contributed by atoms with Gasteiger partial charge in [-0.25, -0.2) is 0 Å². The molecular weight excluding hydrogens is 347 g/mol. The lowest BCUT2D eigenvalue weighted by molar-refractivity contribution is -0.138. The van der Waals surface area contributed by atoms with Crippen LogP contribution in [0.1, 0.15) is 12.0 Å². The fraction of sp³-hybridized carbons (Fsp3) is 0.412. The van der Waals surface area contributed by atoms with Gasteiger partial charge in [0.2, 0.25) is 0 Å². The zero-order valence-electron chi connectivity index (χ0n) is 14.5. The summed E-state index contributed by atoms with van der Waals surface area (Å²) < 4.78 is 45.7. The van der Waals surface area contributed by atoms with Crippen LogP contribution in [0.2, 0.25) is 0 Å². The van der Waals surface area contributed by atoms with E-state index in [1.807, 2.05) is 16.9 Å². The van der Waals surface area contributed by atoms with Gasteiger partial charge in [-0.3, -0.25) is 9.67 Å². The lowest BCUT2D eigenvalue weighted by atomic mass is 10.2. The van der Waals surface area contributed by atoms with Gasteiger partial charge in [-0.15, -0.1) is 0 Å². The molecule has 0 aliphatic heterocycles. The topological polar surface area (TPSA) is 63.5 Å². The van der Waals surface area contributed by atoms with Gasteiger partial charge in [0.05, 0.1) is 12.1 Å². The molecule has 0 radical (unpaired) electrons. The maximum Gasteiger partial charge on any atom is 0.419 e. The third kappa shape index (κ3) is 6.30. The van der Waals surface area contributed by atoms with Crippen LogP contribution in [0.3, 0.4) is 0 Å². The first kappa shape index (κ1) is 19.6. The molecule has 2 aromatic rings. The summed E-state index contributed by atoms with van der Waals surface area (Å²) in [5.41, 5.74) is -0.777. The number of guanidine groups is 1. The Morgan fingerprint density at radius 2 is 1.96 bits per heavy atom. The summed E-state index contributed by atoms with van der Waals surface area (Å²) in [6.07, 6.45) is 0.0437. The zero-order valence-corrected chi connectivity index (χ0v) is 14.5. The van der Waals surface area contributed by atoms with Crippen molar-refractivity contribution in [2.45, 2.75) is 19.1 Å². The molecular formula is C17H22F3N5O. The molecule has 0 spiro atoms. The number of ether oxygens (including phenoxy) is 1. The van der Waals surface area contributed by atoms with E-state index in [9.17, 15) is 13.2 Å². The van der Waals surface area contributed by atoms with E-state index in [1.165, 1.54) is 18.2 Å². The van der Waals surface area contributed by atoms with E-state index in [4.69, 9.17) is 4.74 Å². The highest BCUT2D eigenvalue weighted by atomic mass is 19.4. The number of alkyl halides is 3.